The van der Waals surface area contributed by atoms with Gasteiger partial charge in [-0.3, -0.25) is 0 Å². The van der Waals surface area contributed by atoms with E-state index in [1.165, 1.54) is 74.5 Å². The summed E-state index contributed by atoms with van der Waals surface area (Å²) in [6.07, 6.45) is 16.0. The number of pyridine rings is 1. The first-order valence-electron chi connectivity index (χ1n) is 12.7. The van der Waals surface area contributed by atoms with Gasteiger partial charge in [-0.25, -0.2) is 4.98 Å². The van der Waals surface area contributed by atoms with Crippen molar-refractivity contribution in [1.29, 1.82) is 0 Å². The smallest absolute Gasteiger partial charge is 0.213 e. The normalized spacial score (nSPS) is 12.3. The molecule has 1 aromatic heterocycles. The Balaban J connectivity index is 1.48. The molecule has 0 aliphatic heterocycles. The summed E-state index contributed by atoms with van der Waals surface area (Å²) in [5.41, 5.74) is 5.09. The van der Waals surface area contributed by atoms with Crippen LogP contribution in [-0.2, 0) is 12.8 Å². The largest absolute Gasteiger partial charge is 0.494 e. The SMILES string of the molecule is CCCCCCCCOc1ccc2c(c1)CCc1nc(OCCCCCCC)ccc1-2. The molecular weight excluding hydrogens is 382 g/mol. The molecule has 0 bridgehead atoms. The monoisotopic (exact) mass is 423 g/mol. The van der Waals surface area contributed by atoms with Crippen molar-refractivity contribution in [3.8, 4) is 22.8 Å². The average Bonchev–Trinajstić information content (AvgIpc) is 2.80. The minimum Gasteiger partial charge on any atom is -0.494 e. The van der Waals surface area contributed by atoms with Crippen molar-refractivity contribution in [3.63, 3.8) is 0 Å². The van der Waals surface area contributed by atoms with Gasteiger partial charge in [0, 0.05) is 11.6 Å². The first-order chi connectivity index (χ1) is 15.3. The zero-order chi connectivity index (χ0) is 21.7. The highest BCUT2D eigenvalue weighted by molar-refractivity contribution is 5.73. The van der Waals surface area contributed by atoms with Gasteiger partial charge in [0.15, 0.2) is 0 Å². The molecule has 170 valence electrons. The lowest BCUT2D eigenvalue weighted by molar-refractivity contribution is 0.292. The summed E-state index contributed by atoms with van der Waals surface area (Å²) in [6.45, 7) is 6.10. The molecule has 0 saturated heterocycles. The van der Waals surface area contributed by atoms with Crippen LogP contribution in [0.2, 0.25) is 0 Å². The Bertz CT molecular complexity index is 787. The van der Waals surface area contributed by atoms with E-state index in [-0.39, 0.29) is 0 Å². The van der Waals surface area contributed by atoms with Gasteiger partial charge in [0.2, 0.25) is 5.88 Å². The Morgan fingerprint density at radius 2 is 1.32 bits per heavy atom. The number of rotatable bonds is 15. The van der Waals surface area contributed by atoms with Crippen LogP contribution in [0, 0.1) is 0 Å². The van der Waals surface area contributed by atoms with E-state index in [2.05, 4.69) is 38.1 Å². The average molecular weight is 424 g/mol. The molecule has 2 aromatic rings. The molecule has 1 aliphatic carbocycles. The molecule has 0 spiro atoms. The summed E-state index contributed by atoms with van der Waals surface area (Å²) in [5.74, 6) is 1.78. The molecule has 3 nitrogen and oxygen atoms in total. The molecule has 1 aromatic carbocycles. The van der Waals surface area contributed by atoms with E-state index in [0.29, 0.717) is 0 Å². The van der Waals surface area contributed by atoms with E-state index < -0.39 is 0 Å². The lowest BCUT2D eigenvalue weighted by Gasteiger charge is -2.20. The minimum absolute atomic E-state index is 0.769. The van der Waals surface area contributed by atoms with E-state index in [9.17, 15) is 0 Å². The van der Waals surface area contributed by atoms with Crippen molar-refractivity contribution in [2.24, 2.45) is 0 Å². The molecule has 0 fully saturated rings. The molecule has 0 amide bonds. The highest BCUT2D eigenvalue weighted by Crippen LogP contribution is 2.35. The third-order valence-electron chi connectivity index (χ3n) is 6.21. The van der Waals surface area contributed by atoms with Gasteiger partial charge in [-0.1, -0.05) is 77.7 Å². The van der Waals surface area contributed by atoms with Crippen LogP contribution in [-0.4, -0.2) is 18.2 Å². The predicted molar refractivity (Wildman–Crippen MR) is 130 cm³/mol. The zero-order valence-electron chi connectivity index (χ0n) is 19.8. The van der Waals surface area contributed by atoms with Crippen LogP contribution in [0.15, 0.2) is 30.3 Å². The van der Waals surface area contributed by atoms with Crippen LogP contribution in [0.25, 0.3) is 11.1 Å². The highest BCUT2D eigenvalue weighted by Gasteiger charge is 2.18. The third-order valence-corrected chi connectivity index (χ3v) is 6.21. The van der Waals surface area contributed by atoms with Crippen LogP contribution in [0.4, 0.5) is 0 Å². The Hall–Kier alpha value is -2.03. The van der Waals surface area contributed by atoms with Crippen LogP contribution in [0.5, 0.6) is 11.6 Å². The summed E-state index contributed by atoms with van der Waals surface area (Å²) < 4.78 is 11.9. The molecular formula is C28H41NO2. The number of aryl methyl sites for hydroxylation is 2. The molecule has 0 radical (unpaired) electrons. The van der Waals surface area contributed by atoms with Gasteiger partial charge in [-0.15, -0.1) is 0 Å². The third kappa shape index (κ3) is 7.55. The van der Waals surface area contributed by atoms with Crippen LogP contribution < -0.4 is 9.47 Å². The van der Waals surface area contributed by atoms with Crippen molar-refractivity contribution in [1.82, 2.24) is 4.98 Å². The molecule has 31 heavy (non-hydrogen) atoms. The van der Waals surface area contributed by atoms with Crippen LogP contribution >= 0.6 is 0 Å². The topological polar surface area (TPSA) is 31.4 Å². The van der Waals surface area contributed by atoms with E-state index in [1.807, 2.05) is 6.07 Å². The summed E-state index contributed by atoms with van der Waals surface area (Å²) in [6, 6.07) is 10.8. The first-order valence-corrected chi connectivity index (χ1v) is 12.7. The Labute approximate surface area is 189 Å². The first kappa shape index (κ1) is 23.6. The van der Waals surface area contributed by atoms with Gasteiger partial charge in [0.25, 0.3) is 0 Å². The fraction of sp³-hybridized carbons (Fsp3) is 0.607. The van der Waals surface area contributed by atoms with E-state index in [4.69, 9.17) is 14.5 Å². The summed E-state index contributed by atoms with van der Waals surface area (Å²) in [5, 5.41) is 0. The van der Waals surface area contributed by atoms with E-state index in [0.717, 1.165) is 56.2 Å². The number of benzene rings is 1. The second-order valence-electron chi connectivity index (χ2n) is 8.84. The van der Waals surface area contributed by atoms with E-state index >= 15 is 0 Å². The molecule has 1 heterocycles. The quantitative estimate of drug-likeness (QED) is 0.272. The predicted octanol–water partition coefficient (Wildman–Crippen LogP) is 7.94. The van der Waals surface area contributed by atoms with Crippen molar-refractivity contribution in [2.75, 3.05) is 13.2 Å². The summed E-state index contributed by atoms with van der Waals surface area (Å²) in [7, 11) is 0. The molecule has 0 N–H and O–H groups in total. The summed E-state index contributed by atoms with van der Waals surface area (Å²) >= 11 is 0. The number of hydrogen-bond donors (Lipinski definition) is 0. The van der Waals surface area contributed by atoms with Gasteiger partial charge in [-0.2, -0.15) is 0 Å². The van der Waals surface area contributed by atoms with Gasteiger partial charge in [0.1, 0.15) is 5.75 Å². The molecule has 1 aliphatic rings. The van der Waals surface area contributed by atoms with Gasteiger partial charge < -0.3 is 9.47 Å². The maximum absolute atomic E-state index is 6.03. The van der Waals surface area contributed by atoms with Gasteiger partial charge >= 0.3 is 0 Å². The maximum Gasteiger partial charge on any atom is 0.213 e. The molecule has 3 rings (SSSR count). The van der Waals surface area contributed by atoms with Crippen molar-refractivity contribution in [2.45, 2.75) is 97.3 Å². The summed E-state index contributed by atoms with van der Waals surface area (Å²) in [4.78, 5) is 4.81. The molecule has 0 unspecified atom stereocenters. The highest BCUT2D eigenvalue weighted by atomic mass is 16.5. The standard InChI is InChI=1S/C28H41NO2/c1-3-5-7-9-11-12-20-30-24-15-16-25-23(22-24)14-18-27-26(25)17-19-28(29-27)31-21-13-10-8-6-4-2/h15-17,19,22H,3-14,18,20-21H2,1-2H3. The Kier molecular flexibility index (Phi) is 10.2. The van der Waals surface area contributed by atoms with Gasteiger partial charge in [-0.05, 0) is 55.0 Å². The van der Waals surface area contributed by atoms with Crippen molar-refractivity contribution < 1.29 is 9.47 Å². The number of hydrogen-bond acceptors (Lipinski definition) is 3. The van der Waals surface area contributed by atoms with Gasteiger partial charge in [0.05, 0.1) is 18.9 Å². The van der Waals surface area contributed by atoms with Crippen LogP contribution in [0.1, 0.15) is 95.7 Å². The van der Waals surface area contributed by atoms with Crippen LogP contribution in [0.3, 0.4) is 0 Å². The number of fused-ring (bicyclic) bond motifs is 3. The zero-order valence-corrected chi connectivity index (χ0v) is 19.8. The second kappa shape index (κ2) is 13.4. The second-order valence-corrected chi connectivity index (χ2v) is 8.84. The Morgan fingerprint density at radius 3 is 2.06 bits per heavy atom. The Morgan fingerprint density at radius 1 is 0.677 bits per heavy atom. The fourth-order valence-electron chi connectivity index (χ4n) is 4.33. The number of nitrogens with zero attached hydrogens (tertiary/aromatic N) is 1. The maximum atomic E-state index is 6.03. The molecule has 0 atom stereocenters. The number of aromatic nitrogens is 1. The van der Waals surface area contributed by atoms with Crippen molar-refractivity contribution >= 4 is 0 Å². The molecule has 0 saturated carbocycles. The number of ether oxygens (including phenoxy) is 2. The minimum atomic E-state index is 0.769. The molecule has 3 heteroatoms. The lowest BCUT2D eigenvalue weighted by Crippen LogP contribution is -2.08. The van der Waals surface area contributed by atoms with E-state index in [1.54, 1.807) is 0 Å². The number of unbranched alkanes of at least 4 members (excludes halogenated alkanes) is 9. The van der Waals surface area contributed by atoms with Crippen molar-refractivity contribution in [3.05, 3.63) is 41.6 Å². The fourth-order valence-corrected chi connectivity index (χ4v) is 4.33. The lowest BCUT2D eigenvalue weighted by atomic mass is 9.88.